The maximum atomic E-state index is 13.0. The largest absolute Gasteiger partial charge is 0.497 e. The third kappa shape index (κ3) is 5.16. The molecule has 1 aromatic heterocycles. The summed E-state index contributed by atoms with van der Waals surface area (Å²) in [5.74, 6) is 1.13. The first-order chi connectivity index (χ1) is 14.1. The first-order valence-corrected chi connectivity index (χ1v) is 8.99. The molecule has 0 aliphatic rings. The van der Waals surface area contributed by atoms with Crippen LogP contribution in [0.25, 0.3) is 0 Å². The van der Waals surface area contributed by atoms with E-state index in [1.807, 2.05) is 6.07 Å². The SMILES string of the molecule is COc1ccc(C(=O)N(CC(=O)Nc2ccccc2OC)Cc2ccco2)cc1. The number of furan rings is 1. The number of methoxy groups -OCH3 is 2. The van der Waals surface area contributed by atoms with Gasteiger partial charge in [-0.15, -0.1) is 0 Å². The van der Waals surface area contributed by atoms with Crippen molar-refractivity contribution < 1.29 is 23.5 Å². The van der Waals surface area contributed by atoms with Crippen LogP contribution in [-0.2, 0) is 11.3 Å². The van der Waals surface area contributed by atoms with Gasteiger partial charge in [0.15, 0.2) is 0 Å². The summed E-state index contributed by atoms with van der Waals surface area (Å²) in [5.41, 5.74) is 0.984. The zero-order valence-corrected chi connectivity index (χ0v) is 16.3. The summed E-state index contributed by atoms with van der Waals surface area (Å²) in [4.78, 5) is 27.1. The van der Waals surface area contributed by atoms with E-state index in [0.29, 0.717) is 28.5 Å². The second-order valence-corrected chi connectivity index (χ2v) is 6.22. The molecule has 2 amide bonds. The van der Waals surface area contributed by atoms with Crippen LogP contribution in [0.15, 0.2) is 71.3 Å². The third-order valence-electron chi connectivity index (χ3n) is 4.27. The highest BCUT2D eigenvalue weighted by atomic mass is 16.5. The number of ether oxygens (including phenoxy) is 2. The molecule has 3 rings (SSSR count). The molecule has 0 radical (unpaired) electrons. The maximum absolute atomic E-state index is 13.0. The molecule has 0 atom stereocenters. The van der Waals surface area contributed by atoms with Crippen molar-refractivity contribution in [1.29, 1.82) is 0 Å². The van der Waals surface area contributed by atoms with E-state index in [2.05, 4.69) is 5.32 Å². The quantitative estimate of drug-likeness (QED) is 0.632. The molecule has 7 heteroatoms. The van der Waals surface area contributed by atoms with Crippen LogP contribution < -0.4 is 14.8 Å². The number of anilines is 1. The van der Waals surface area contributed by atoms with E-state index in [9.17, 15) is 9.59 Å². The Hall–Kier alpha value is -3.74. The summed E-state index contributed by atoms with van der Waals surface area (Å²) < 4.78 is 15.7. The Morgan fingerprint density at radius 2 is 1.72 bits per heavy atom. The third-order valence-corrected chi connectivity index (χ3v) is 4.27. The standard InChI is InChI=1S/C22H22N2O5/c1-27-17-11-9-16(10-12-17)22(26)24(14-18-6-5-13-29-18)15-21(25)23-19-7-3-4-8-20(19)28-2/h3-13H,14-15H2,1-2H3,(H,23,25). The first-order valence-electron chi connectivity index (χ1n) is 8.99. The molecule has 0 saturated carbocycles. The van der Waals surface area contributed by atoms with Crippen molar-refractivity contribution >= 4 is 17.5 Å². The highest BCUT2D eigenvalue weighted by Crippen LogP contribution is 2.23. The number of hydrogen-bond acceptors (Lipinski definition) is 5. The second-order valence-electron chi connectivity index (χ2n) is 6.22. The van der Waals surface area contributed by atoms with E-state index < -0.39 is 0 Å². The number of hydrogen-bond donors (Lipinski definition) is 1. The molecule has 0 fully saturated rings. The van der Waals surface area contributed by atoms with Gasteiger partial charge in [0.1, 0.15) is 23.8 Å². The summed E-state index contributed by atoms with van der Waals surface area (Å²) in [7, 11) is 3.09. The van der Waals surface area contributed by atoms with Gasteiger partial charge < -0.3 is 24.1 Å². The fraction of sp³-hybridized carbons (Fsp3) is 0.182. The minimum Gasteiger partial charge on any atom is -0.497 e. The van der Waals surface area contributed by atoms with Gasteiger partial charge in [-0.3, -0.25) is 9.59 Å². The molecule has 29 heavy (non-hydrogen) atoms. The van der Waals surface area contributed by atoms with Gasteiger partial charge in [-0.05, 0) is 48.5 Å². The average molecular weight is 394 g/mol. The van der Waals surface area contributed by atoms with Crippen molar-refractivity contribution in [2.45, 2.75) is 6.54 Å². The van der Waals surface area contributed by atoms with Crippen molar-refractivity contribution in [2.75, 3.05) is 26.1 Å². The van der Waals surface area contributed by atoms with Gasteiger partial charge >= 0.3 is 0 Å². The summed E-state index contributed by atoms with van der Waals surface area (Å²) in [5, 5.41) is 2.79. The highest BCUT2D eigenvalue weighted by Gasteiger charge is 2.21. The Kier molecular flexibility index (Phi) is 6.52. The summed E-state index contributed by atoms with van der Waals surface area (Å²) >= 11 is 0. The molecule has 0 bridgehead atoms. The van der Waals surface area contributed by atoms with Crippen LogP contribution in [0.2, 0.25) is 0 Å². The zero-order chi connectivity index (χ0) is 20.6. The van der Waals surface area contributed by atoms with Crippen LogP contribution in [0.3, 0.4) is 0 Å². The molecule has 0 spiro atoms. The van der Waals surface area contributed by atoms with Crippen molar-refractivity contribution in [3.8, 4) is 11.5 Å². The van der Waals surface area contributed by atoms with Crippen LogP contribution in [-0.4, -0.2) is 37.5 Å². The van der Waals surface area contributed by atoms with E-state index in [1.54, 1.807) is 61.7 Å². The molecule has 1 N–H and O–H groups in total. The molecule has 7 nitrogen and oxygen atoms in total. The Bertz CT molecular complexity index is 952. The van der Waals surface area contributed by atoms with Crippen LogP contribution >= 0.6 is 0 Å². The summed E-state index contributed by atoms with van der Waals surface area (Å²) in [6.07, 6.45) is 1.53. The normalized spacial score (nSPS) is 10.3. The van der Waals surface area contributed by atoms with Crippen LogP contribution in [0.5, 0.6) is 11.5 Å². The van der Waals surface area contributed by atoms with E-state index in [-0.39, 0.29) is 24.9 Å². The lowest BCUT2D eigenvalue weighted by Gasteiger charge is -2.22. The van der Waals surface area contributed by atoms with Gasteiger partial charge in [-0.1, -0.05) is 12.1 Å². The average Bonchev–Trinajstić information content (AvgIpc) is 3.26. The molecule has 0 aliphatic carbocycles. The van der Waals surface area contributed by atoms with Gasteiger partial charge in [0.05, 0.1) is 32.7 Å². The van der Waals surface area contributed by atoms with Gasteiger partial charge in [0, 0.05) is 5.56 Å². The molecule has 0 saturated heterocycles. The Balaban J connectivity index is 1.77. The van der Waals surface area contributed by atoms with E-state index >= 15 is 0 Å². The van der Waals surface area contributed by atoms with E-state index in [0.717, 1.165) is 0 Å². The fourth-order valence-electron chi connectivity index (χ4n) is 2.82. The van der Waals surface area contributed by atoms with Crippen LogP contribution in [0.4, 0.5) is 5.69 Å². The predicted molar refractivity (Wildman–Crippen MR) is 108 cm³/mol. The monoisotopic (exact) mass is 394 g/mol. The van der Waals surface area contributed by atoms with Gasteiger partial charge in [0.2, 0.25) is 5.91 Å². The molecular formula is C22H22N2O5. The highest BCUT2D eigenvalue weighted by molar-refractivity contribution is 5.99. The first kappa shape index (κ1) is 20.0. The summed E-state index contributed by atoms with van der Waals surface area (Å²) in [6.45, 7) is 0.0147. The minimum atomic E-state index is -0.345. The van der Waals surface area contributed by atoms with Crippen LogP contribution in [0, 0.1) is 0 Å². The van der Waals surface area contributed by atoms with Gasteiger partial charge in [0.25, 0.3) is 5.91 Å². The van der Waals surface area contributed by atoms with Crippen LogP contribution in [0.1, 0.15) is 16.1 Å². The number of rotatable bonds is 8. The van der Waals surface area contributed by atoms with Crippen molar-refractivity contribution in [3.63, 3.8) is 0 Å². The molecule has 2 aromatic carbocycles. The van der Waals surface area contributed by atoms with Crippen molar-refractivity contribution in [1.82, 2.24) is 4.90 Å². The number of carbonyl (C=O) groups excluding carboxylic acids is 2. The Labute approximate surface area is 168 Å². The zero-order valence-electron chi connectivity index (χ0n) is 16.3. The fourth-order valence-corrected chi connectivity index (χ4v) is 2.82. The number of amides is 2. The maximum Gasteiger partial charge on any atom is 0.254 e. The lowest BCUT2D eigenvalue weighted by atomic mass is 10.2. The number of carbonyl (C=O) groups is 2. The predicted octanol–water partition coefficient (Wildman–Crippen LogP) is 3.58. The minimum absolute atomic E-state index is 0.149. The molecule has 0 unspecified atom stereocenters. The van der Waals surface area contributed by atoms with Crippen molar-refractivity contribution in [2.24, 2.45) is 0 Å². The molecule has 150 valence electrons. The summed E-state index contributed by atoms with van der Waals surface area (Å²) in [6, 6.07) is 17.3. The molecular weight excluding hydrogens is 372 g/mol. The van der Waals surface area contributed by atoms with E-state index in [4.69, 9.17) is 13.9 Å². The molecule has 3 aromatic rings. The number of nitrogens with one attached hydrogen (secondary N) is 1. The second kappa shape index (κ2) is 9.45. The lowest BCUT2D eigenvalue weighted by molar-refractivity contribution is -0.117. The Morgan fingerprint density at radius 1 is 0.966 bits per heavy atom. The number of para-hydroxylation sites is 2. The van der Waals surface area contributed by atoms with Gasteiger partial charge in [-0.2, -0.15) is 0 Å². The van der Waals surface area contributed by atoms with Gasteiger partial charge in [-0.25, -0.2) is 0 Å². The topological polar surface area (TPSA) is 81.0 Å². The smallest absolute Gasteiger partial charge is 0.254 e. The molecule has 1 heterocycles. The number of benzene rings is 2. The molecule has 0 aliphatic heterocycles. The Morgan fingerprint density at radius 3 is 2.38 bits per heavy atom. The number of nitrogens with zero attached hydrogens (tertiary/aromatic N) is 1. The lowest BCUT2D eigenvalue weighted by Crippen LogP contribution is -2.37. The van der Waals surface area contributed by atoms with E-state index in [1.165, 1.54) is 18.3 Å². The van der Waals surface area contributed by atoms with Crippen molar-refractivity contribution in [3.05, 3.63) is 78.3 Å².